The Hall–Kier alpha value is -0.0900. The molecule has 0 spiro atoms. The van der Waals surface area contributed by atoms with Gasteiger partial charge >= 0.3 is 0 Å². The third kappa shape index (κ3) is 3.65. The Bertz CT molecular complexity index is 260. The maximum atomic E-state index is 9.77. The van der Waals surface area contributed by atoms with Crippen LogP contribution in [0.5, 0.6) is 0 Å². The fraction of sp³-hybridized carbons (Fsp3) is 0.455. The number of aliphatic hydroxyl groups excluding tert-OH is 1. The number of unbranched alkanes of at least 4 members (excludes halogenated alkanes) is 1. The van der Waals surface area contributed by atoms with Gasteiger partial charge in [-0.1, -0.05) is 31.9 Å². The highest BCUT2D eigenvalue weighted by atomic mass is 127. The summed E-state index contributed by atoms with van der Waals surface area (Å²) in [5.41, 5.74) is 1.04. The molecule has 0 aromatic heterocycles. The monoisotopic (exact) mass is 290 g/mol. The highest BCUT2D eigenvalue weighted by Gasteiger charge is 2.05. The van der Waals surface area contributed by atoms with Gasteiger partial charge in [-0.15, -0.1) is 0 Å². The molecule has 1 unspecified atom stereocenters. The van der Waals surface area contributed by atoms with Gasteiger partial charge in [-0.05, 0) is 46.7 Å². The summed E-state index contributed by atoms with van der Waals surface area (Å²) < 4.78 is 1.19. The first-order chi connectivity index (χ1) is 6.24. The van der Waals surface area contributed by atoms with Gasteiger partial charge in [0.2, 0.25) is 0 Å². The van der Waals surface area contributed by atoms with E-state index in [1.54, 1.807) is 0 Å². The molecule has 72 valence electrons. The summed E-state index contributed by atoms with van der Waals surface area (Å²) in [4.78, 5) is 0. The van der Waals surface area contributed by atoms with E-state index in [4.69, 9.17) is 0 Å². The van der Waals surface area contributed by atoms with E-state index < -0.39 is 0 Å². The maximum Gasteiger partial charge on any atom is 0.0790 e. The van der Waals surface area contributed by atoms with Crippen molar-refractivity contribution in [2.24, 2.45) is 0 Å². The van der Waals surface area contributed by atoms with E-state index in [0.717, 1.165) is 24.8 Å². The van der Waals surface area contributed by atoms with Gasteiger partial charge in [0.15, 0.2) is 0 Å². The third-order valence-corrected chi connectivity index (χ3v) is 2.74. The highest BCUT2D eigenvalue weighted by Crippen LogP contribution is 2.20. The van der Waals surface area contributed by atoms with Gasteiger partial charge in [0.25, 0.3) is 0 Å². The molecule has 0 heterocycles. The van der Waals surface area contributed by atoms with Crippen molar-refractivity contribution in [3.63, 3.8) is 0 Å². The van der Waals surface area contributed by atoms with Crippen molar-refractivity contribution in [2.75, 3.05) is 0 Å². The van der Waals surface area contributed by atoms with Crippen LogP contribution in [0.2, 0.25) is 0 Å². The molecular formula is C11H15IO. The first-order valence-corrected chi connectivity index (χ1v) is 5.75. The fourth-order valence-corrected chi connectivity index (χ4v) is 1.85. The van der Waals surface area contributed by atoms with Crippen LogP contribution in [0.1, 0.15) is 37.9 Å². The zero-order chi connectivity index (χ0) is 9.68. The molecule has 0 saturated heterocycles. The van der Waals surface area contributed by atoms with Crippen LogP contribution in [0.3, 0.4) is 0 Å². The third-order valence-electron chi connectivity index (χ3n) is 2.06. The number of aliphatic hydroxyl groups is 1. The van der Waals surface area contributed by atoms with Gasteiger partial charge in [0.1, 0.15) is 0 Å². The van der Waals surface area contributed by atoms with Crippen molar-refractivity contribution >= 4 is 22.6 Å². The average molecular weight is 290 g/mol. The molecule has 1 aromatic carbocycles. The van der Waals surface area contributed by atoms with Gasteiger partial charge in [-0.25, -0.2) is 0 Å². The van der Waals surface area contributed by atoms with E-state index in [1.165, 1.54) is 3.57 Å². The summed E-state index contributed by atoms with van der Waals surface area (Å²) in [7, 11) is 0. The van der Waals surface area contributed by atoms with Gasteiger partial charge in [0.05, 0.1) is 6.10 Å². The van der Waals surface area contributed by atoms with Crippen molar-refractivity contribution in [1.82, 2.24) is 0 Å². The number of hydrogen-bond donors (Lipinski definition) is 1. The minimum Gasteiger partial charge on any atom is -0.388 e. The number of rotatable bonds is 4. The smallest absolute Gasteiger partial charge is 0.0790 e. The quantitative estimate of drug-likeness (QED) is 0.841. The number of benzene rings is 1. The van der Waals surface area contributed by atoms with Crippen molar-refractivity contribution < 1.29 is 5.11 Å². The van der Waals surface area contributed by atoms with Crippen LogP contribution in [0, 0.1) is 3.57 Å². The summed E-state index contributed by atoms with van der Waals surface area (Å²) in [6.45, 7) is 2.14. The molecule has 1 N–H and O–H groups in total. The summed E-state index contributed by atoms with van der Waals surface area (Å²) in [5.74, 6) is 0. The van der Waals surface area contributed by atoms with E-state index in [2.05, 4.69) is 29.5 Å². The van der Waals surface area contributed by atoms with Crippen molar-refractivity contribution in [3.8, 4) is 0 Å². The number of hydrogen-bond acceptors (Lipinski definition) is 1. The van der Waals surface area contributed by atoms with Gasteiger partial charge in [0, 0.05) is 3.57 Å². The Morgan fingerprint density at radius 2 is 2.23 bits per heavy atom. The molecule has 0 bridgehead atoms. The summed E-state index contributed by atoms with van der Waals surface area (Å²) in [5, 5.41) is 9.77. The lowest BCUT2D eigenvalue weighted by atomic mass is 10.0. The largest absolute Gasteiger partial charge is 0.388 e. The minimum atomic E-state index is -0.283. The van der Waals surface area contributed by atoms with E-state index in [-0.39, 0.29) is 6.10 Å². The SMILES string of the molecule is CCCCC(O)c1cccc(I)c1. The Balaban J connectivity index is 2.60. The Kier molecular flexibility index (Phi) is 4.73. The molecule has 0 aliphatic heterocycles. The average Bonchev–Trinajstić information content (AvgIpc) is 2.14. The van der Waals surface area contributed by atoms with Crippen molar-refractivity contribution in [1.29, 1.82) is 0 Å². The summed E-state index contributed by atoms with van der Waals surface area (Å²) in [6.07, 6.45) is 2.82. The second kappa shape index (κ2) is 5.60. The van der Waals surface area contributed by atoms with Gasteiger partial charge in [-0.2, -0.15) is 0 Å². The molecular weight excluding hydrogens is 275 g/mol. The fourth-order valence-electron chi connectivity index (χ4n) is 1.28. The molecule has 1 atom stereocenters. The van der Waals surface area contributed by atoms with Crippen molar-refractivity contribution in [2.45, 2.75) is 32.3 Å². The standard InChI is InChI=1S/C11H15IO/c1-2-3-7-11(13)9-5-4-6-10(12)8-9/h4-6,8,11,13H,2-3,7H2,1H3. The van der Waals surface area contributed by atoms with E-state index in [9.17, 15) is 5.11 Å². The molecule has 0 fully saturated rings. The molecule has 0 amide bonds. The van der Waals surface area contributed by atoms with Gasteiger partial charge in [-0.3, -0.25) is 0 Å². The summed E-state index contributed by atoms with van der Waals surface area (Å²) >= 11 is 2.27. The molecule has 13 heavy (non-hydrogen) atoms. The zero-order valence-electron chi connectivity index (χ0n) is 7.83. The predicted molar refractivity (Wildman–Crippen MR) is 63.6 cm³/mol. The normalized spacial score (nSPS) is 12.8. The van der Waals surface area contributed by atoms with Crippen LogP contribution in [0.25, 0.3) is 0 Å². The lowest BCUT2D eigenvalue weighted by Crippen LogP contribution is -1.97. The van der Waals surface area contributed by atoms with Crippen LogP contribution in [0.15, 0.2) is 24.3 Å². The zero-order valence-corrected chi connectivity index (χ0v) is 9.99. The first-order valence-electron chi connectivity index (χ1n) is 4.67. The molecule has 1 aromatic rings. The van der Waals surface area contributed by atoms with Crippen molar-refractivity contribution in [3.05, 3.63) is 33.4 Å². The van der Waals surface area contributed by atoms with Gasteiger partial charge < -0.3 is 5.11 Å². The Labute approximate surface area is 93.3 Å². The first kappa shape index (κ1) is 11.0. The summed E-state index contributed by atoms with van der Waals surface area (Å²) in [6, 6.07) is 8.06. The molecule has 1 rings (SSSR count). The second-order valence-corrected chi connectivity index (χ2v) is 4.46. The van der Waals surface area contributed by atoms with Crippen LogP contribution >= 0.6 is 22.6 Å². The molecule has 1 nitrogen and oxygen atoms in total. The minimum absolute atomic E-state index is 0.283. The lowest BCUT2D eigenvalue weighted by Gasteiger charge is -2.10. The molecule has 0 saturated carbocycles. The van der Waals surface area contributed by atoms with E-state index >= 15 is 0 Å². The Morgan fingerprint density at radius 1 is 1.46 bits per heavy atom. The topological polar surface area (TPSA) is 20.2 Å². The van der Waals surface area contributed by atoms with Crippen LogP contribution in [0.4, 0.5) is 0 Å². The molecule has 0 aliphatic carbocycles. The predicted octanol–water partition coefficient (Wildman–Crippen LogP) is 3.51. The molecule has 2 heteroatoms. The van der Waals surface area contributed by atoms with Crippen LogP contribution < -0.4 is 0 Å². The second-order valence-electron chi connectivity index (χ2n) is 3.21. The van der Waals surface area contributed by atoms with E-state index in [1.807, 2.05) is 24.3 Å². The highest BCUT2D eigenvalue weighted by molar-refractivity contribution is 14.1. The van der Waals surface area contributed by atoms with Crippen LogP contribution in [-0.2, 0) is 0 Å². The molecule has 0 radical (unpaired) electrons. The van der Waals surface area contributed by atoms with Crippen LogP contribution in [-0.4, -0.2) is 5.11 Å². The lowest BCUT2D eigenvalue weighted by molar-refractivity contribution is 0.164. The maximum absolute atomic E-state index is 9.77. The Morgan fingerprint density at radius 3 is 2.85 bits per heavy atom. The van der Waals surface area contributed by atoms with E-state index in [0.29, 0.717) is 0 Å². The molecule has 0 aliphatic rings. The number of halogens is 1.